The van der Waals surface area contributed by atoms with E-state index < -0.39 is 46.9 Å². The Hall–Kier alpha value is -4.98. The lowest BCUT2D eigenvalue weighted by Gasteiger charge is -2.54. The second-order valence-electron chi connectivity index (χ2n) is 16.2. The van der Waals surface area contributed by atoms with Crippen LogP contribution in [-0.4, -0.2) is 96.9 Å². The molecule has 6 aliphatic rings. The van der Waals surface area contributed by atoms with Gasteiger partial charge in [-0.15, -0.1) is 11.8 Å². The predicted octanol–water partition coefficient (Wildman–Crippen LogP) is 4.72. The van der Waals surface area contributed by atoms with Crippen molar-refractivity contribution in [1.29, 1.82) is 5.26 Å². The number of thioether (sulfide) groups is 1. The van der Waals surface area contributed by atoms with Crippen LogP contribution in [0, 0.1) is 25.2 Å². The Kier molecular flexibility index (Phi) is 9.56. The first-order valence-corrected chi connectivity index (χ1v) is 20.7. The molecule has 0 unspecified atom stereocenters. The van der Waals surface area contributed by atoms with Gasteiger partial charge in [0.05, 0.1) is 42.6 Å². The molecule has 7 atom stereocenters. The van der Waals surface area contributed by atoms with Crippen LogP contribution in [0.1, 0.15) is 75.3 Å². The number of nitrogens with two attached hydrogens (primary N) is 1. The van der Waals surface area contributed by atoms with Crippen molar-refractivity contribution >= 4 is 34.6 Å². The highest BCUT2D eigenvalue weighted by molar-refractivity contribution is 7.99. The number of carbonyl (C=O) groups excluding carboxylic acids is 2. The van der Waals surface area contributed by atoms with Gasteiger partial charge < -0.3 is 44.4 Å². The van der Waals surface area contributed by atoms with Crippen LogP contribution in [0.5, 0.6) is 28.7 Å². The molecule has 4 aromatic rings. The molecule has 3 aromatic carbocycles. The summed E-state index contributed by atoms with van der Waals surface area (Å²) in [4.78, 5) is 36.2. The molecule has 304 valence electrons. The summed E-state index contributed by atoms with van der Waals surface area (Å²) < 4.78 is 31.0. The number of fused-ring (bicyclic) bond motifs is 8. The number of H-pyrrole nitrogens is 1. The second-order valence-corrected chi connectivity index (χ2v) is 17.3. The third-order valence-electron chi connectivity index (χ3n) is 12.7. The van der Waals surface area contributed by atoms with Gasteiger partial charge in [-0.1, -0.05) is 24.3 Å². The number of rotatable bonds is 5. The zero-order valence-corrected chi connectivity index (χ0v) is 34.2. The van der Waals surface area contributed by atoms with Crippen molar-refractivity contribution in [3.8, 4) is 34.8 Å². The largest absolute Gasteiger partial charge is 0.504 e. The molecule has 5 N–H and O–H groups in total. The molecule has 14 nitrogen and oxygen atoms in total. The minimum Gasteiger partial charge on any atom is -0.504 e. The summed E-state index contributed by atoms with van der Waals surface area (Å²) in [5.74, 6) is 0.984. The standard InChI is InChI=1S/C43H48N6O8S/c1-20-13-23-14-25(11-12-44)49-29-17-54-42(52)43(41-27(15-24(16-45)47-43)26-9-7-8-10-28(26)46-41)18-58-40(34(49)33(48(4)5)30(23)35(51)36(20)53-6)32-31(29)39-38(55-19-56-39)21(2)37(32)57-22(3)50/h7-10,13,24-25,29,33-34,40,46-47,51H,11,14-19,45H2,1-6H3/t24-,25+,29+,33+,34-,40-,43-/m1/s1. The lowest BCUT2D eigenvalue weighted by Crippen LogP contribution is -2.63. The lowest BCUT2D eigenvalue weighted by molar-refractivity contribution is -0.156. The van der Waals surface area contributed by atoms with Crippen molar-refractivity contribution in [1.82, 2.24) is 20.1 Å². The van der Waals surface area contributed by atoms with Crippen molar-refractivity contribution in [3.63, 3.8) is 0 Å². The first-order valence-electron chi connectivity index (χ1n) is 19.6. The van der Waals surface area contributed by atoms with E-state index in [0.29, 0.717) is 59.1 Å². The molecule has 58 heavy (non-hydrogen) atoms. The van der Waals surface area contributed by atoms with Crippen molar-refractivity contribution in [2.45, 2.75) is 81.0 Å². The second kappa shape index (κ2) is 14.4. The van der Waals surface area contributed by atoms with E-state index in [9.17, 15) is 15.2 Å². The van der Waals surface area contributed by atoms with Crippen LogP contribution < -0.4 is 30.0 Å². The highest BCUT2D eigenvalue weighted by Crippen LogP contribution is 2.63. The van der Waals surface area contributed by atoms with E-state index >= 15 is 4.79 Å². The lowest BCUT2D eigenvalue weighted by atomic mass is 9.79. The molecule has 10 rings (SSSR count). The van der Waals surface area contributed by atoms with Crippen molar-refractivity contribution in [2.75, 3.05) is 46.9 Å². The van der Waals surface area contributed by atoms with E-state index in [1.54, 1.807) is 18.9 Å². The minimum atomic E-state index is -1.35. The Balaban J connectivity index is 1.35. The number of esters is 2. The molecular formula is C43H48N6O8S. The monoisotopic (exact) mass is 808 g/mol. The van der Waals surface area contributed by atoms with Crippen molar-refractivity contribution in [2.24, 2.45) is 5.73 Å². The SMILES string of the molecule is COc1c(C)cc2c(c1O)[C@H](N(C)C)[C@@H]1[C@@H]3SC[C@]4(N[C@@H](CN)Cc5c4[nH]c4ccccc54)C(=O)OC[C@@H](c4c5c(c(C)c(OC(C)=O)c43)OCO5)N1[C@@H](CC#N)C2. The quantitative estimate of drug-likeness (QED) is 0.160. The van der Waals surface area contributed by atoms with E-state index in [1.165, 1.54) is 6.92 Å². The highest BCUT2D eigenvalue weighted by Gasteiger charge is 2.58. The van der Waals surface area contributed by atoms with Gasteiger partial charge in [0, 0.05) is 70.5 Å². The summed E-state index contributed by atoms with van der Waals surface area (Å²) in [6.45, 7) is 5.25. The maximum absolute atomic E-state index is 15.1. The molecule has 0 saturated carbocycles. The Labute approximate surface area is 340 Å². The van der Waals surface area contributed by atoms with E-state index in [-0.39, 0.29) is 37.4 Å². The number of nitrogens with one attached hydrogen (secondary N) is 2. The van der Waals surface area contributed by atoms with Gasteiger partial charge in [0.1, 0.15) is 12.4 Å². The summed E-state index contributed by atoms with van der Waals surface area (Å²) in [7, 11) is 5.50. The number of hydrogen-bond acceptors (Lipinski definition) is 14. The Morgan fingerprint density at radius 3 is 2.64 bits per heavy atom. The summed E-state index contributed by atoms with van der Waals surface area (Å²) in [5.41, 5.74) is 12.1. The number of aromatic nitrogens is 1. The van der Waals surface area contributed by atoms with Crippen LogP contribution in [0.25, 0.3) is 10.9 Å². The number of likely N-dealkylation sites (N-methyl/N-ethyl adjacent to an activating group) is 1. The first kappa shape index (κ1) is 38.5. The topological polar surface area (TPSA) is 185 Å². The van der Waals surface area contributed by atoms with Crippen LogP contribution in [0.15, 0.2) is 30.3 Å². The third-order valence-corrected chi connectivity index (χ3v) is 14.2. The molecule has 15 heteroatoms. The fourth-order valence-corrected chi connectivity index (χ4v) is 12.2. The van der Waals surface area contributed by atoms with Gasteiger partial charge in [-0.2, -0.15) is 5.26 Å². The highest BCUT2D eigenvalue weighted by atomic mass is 32.2. The van der Waals surface area contributed by atoms with Gasteiger partial charge in [0.15, 0.2) is 28.5 Å². The molecule has 0 radical (unpaired) electrons. The number of nitriles is 1. The van der Waals surface area contributed by atoms with E-state index in [0.717, 1.165) is 38.9 Å². The smallest absolute Gasteiger partial charge is 0.333 e. The van der Waals surface area contributed by atoms with E-state index in [2.05, 4.69) is 32.2 Å². The number of phenols is 1. The molecule has 2 bridgehead atoms. The van der Waals surface area contributed by atoms with Crippen LogP contribution >= 0.6 is 11.8 Å². The zero-order valence-electron chi connectivity index (χ0n) is 33.4. The fourth-order valence-electron chi connectivity index (χ4n) is 10.5. The molecule has 0 amide bonds. The fraction of sp³-hybridized carbons (Fsp3) is 0.465. The van der Waals surface area contributed by atoms with E-state index in [1.807, 2.05) is 52.2 Å². The minimum absolute atomic E-state index is 0.0411. The maximum atomic E-state index is 15.1. The Morgan fingerprint density at radius 2 is 1.91 bits per heavy atom. The normalized spacial score (nSPS) is 27.3. The van der Waals surface area contributed by atoms with Gasteiger partial charge in [-0.3, -0.25) is 15.0 Å². The van der Waals surface area contributed by atoms with Gasteiger partial charge in [0.25, 0.3) is 0 Å². The average Bonchev–Trinajstić information content (AvgIpc) is 3.81. The van der Waals surface area contributed by atoms with Crippen molar-refractivity contribution in [3.05, 3.63) is 75.0 Å². The van der Waals surface area contributed by atoms with Gasteiger partial charge in [-0.25, -0.2) is 4.79 Å². The Bertz CT molecular complexity index is 2410. The summed E-state index contributed by atoms with van der Waals surface area (Å²) in [5, 5.41) is 26.9. The van der Waals surface area contributed by atoms with Crippen LogP contribution in [-0.2, 0) is 32.7 Å². The average molecular weight is 809 g/mol. The predicted molar refractivity (Wildman–Crippen MR) is 216 cm³/mol. The number of methoxy groups -OCH3 is 1. The summed E-state index contributed by atoms with van der Waals surface area (Å²) in [6, 6.07) is 10.2. The number of carbonyl (C=O) groups is 2. The number of para-hydroxylation sites is 1. The number of nitrogens with zero attached hydrogens (tertiary/aromatic N) is 3. The van der Waals surface area contributed by atoms with Gasteiger partial charge >= 0.3 is 11.9 Å². The van der Waals surface area contributed by atoms with E-state index in [4.69, 9.17) is 29.4 Å². The molecule has 1 fully saturated rings. The van der Waals surface area contributed by atoms with Crippen LogP contribution in [0.2, 0.25) is 0 Å². The number of aryl methyl sites for hydroxylation is 1. The van der Waals surface area contributed by atoms with Gasteiger partial charge in [0.2, 0.25) is 6.79 Å². The molecule has 7 heterocycles. The summed E-state index contributed by atoms with van der Waals surface area (Å²) >= 11 is 1.55. The van der Waals surface area contributed by atoms with Crippen LogP contribution in [0.3, 0.4) is 0 Å². The first-order chi connectivity index (χ1) is 27.9. The molecule has 1 saturated heterocycles. The number of ether oxygens (including phenoxy) is 5. The molecule has 1 aromatic heterocycles. The number of hydrogen-bond donors (Lipinski definition) is 4. The maximum Gasteiger partial charge on any atom is 0.333 e. The van der Waals surface area contributed by atoms with Gasteiger partial charge in [-0.05, 0) is 63.5 Å². The zero-order chi connectivity index (χ0) is 40.8. The number of phenolic OH excluding ortho intramolecular Hbond substituents is 1. The molecule has 6 aliphatic heterocycles. The third kappa shape index (κ3) is 5.60. The molecular weight excluding hydrogens is 761 g/mol. The van der Waals surface area contributed by atoms with Crippen LogP contribution in [0.4, 0.5) is 0 Å². The number of aromatic hydroxyl groups is 1. The molecule has 0 aliphatic carbocycles. The number of aromatic amines is 1. The van der Waals surface area contributed by atoms with Crippen molar-refractivity contribution < 1.29 is 38.4 Å². The Morgan fingerprint density at radius 1 is 1.14 bits per heavy atom. The number of benzene rings is 3. The summed E-state index contributed by atoms with van der Waals surface area (Å²) in [6.07, 6.45) is 1.18. The molecule has 1 spiro atoms.